The van der Waals surface area contributed by atoms with Gasteiger partial charge in [0.15, 0.2) is 11.5 Å². The van der Waals surface area contributed by atoms with E-state index in [1.165, 1.54) is 10.9 Å². The molecular formula is C14H17F2N8O+. The van der Waals surface area contributed by atoms with Crippen molar-refractivity contribution in [3.8, 4) is 11.5 Å². The van der Waals surface area contributed by atoms with E-state index in [2.05, 4.69) is 37.3 Å². The number of halogens is 2. The zero-order valence-electron chi connectivity index (χ0n) is 13.8. The summed E-state index contributed by atoms with van der Waals surface area (Å²) in [5.74, 6) is -2.06. The second-order valence-corrected chi connectivity index (χ2v) is 5.57. The van der Waals surface area contributed by atoms with Crippen molar-refractivity contribution in [1.29, 1.82) is 0 Å². The Hall–Kier alpha value is -2.82. The molecule has 0 aromatic carbocycles. The van der Waals surface area contributed by atoms with E-state index < -0.39 is 12.5 Å². The topological polar surface area (TPSA) is 93.1 Å². The van der Waals surface area contributed by atoms with E-state index >= 15 is 0 Å². The van der Waals surface area contributed by atoms with Crippen molar-refractivity contribution < 1.29 is 18.1 Å². The van der Waals surface area contributed by atoms with E-state index in [1.54, 1.807) is 18.0 Å². The number of hydrogen-bond acceptors (Lipinski definition) is 7. The normalized spacial score (nSPS) is 13.4. The second kappa shape index (κ2) is 6.59. The third-order valence-corrected chi connectivity index (χ3v) is 3.32. The van der Waals surface area contributed by atoms with Gasteiger partial charge < -0.3 is 10.1 Å². The van der Waals surface area contributed by atoms with Crippen LogP contribution in [0.3, 0.4) is 0 Å². The maximum absolute atomic E-state index is 13.2. The maximum atomic E-state index is 13.2. The maximum Gasteiger partial charge on any atom is 0.315 e. The smallest absolute Gasteiger partial charge is 0.315 e. The zero-order chi connectivity index (χ0) is 18.0. The number of ether oxygens (including phenoxy) is 1. The van der Waals surface area contributed by atoms with E-state index in [1.807, 2.05) is 0 Å². The summed E-state index contributed by atoms with van der Waals surface area (Å²) in [6.45, 7) is 5.01. The average molecular weight is 351 g/mol. The van der Waals surface area contributed by atoms with Crippen LogP contribution in [-0.2, 0) is 11.3 Å². The van der Waals surface area contributed by atoms with Crippen LogP contribution in [-0.4, -0.2) is 68.8 Å². The molecule has 3 rings (SSSR count). The van der Waals surface area contributed by atoms with Crippen LogP contribution in [0.15, 0.2) is 11.2 Å². The van der Waals surface area contributed by atoms with Gasteiger partial charge in [0.2, 0.25) is 6.34 Å². The number of methoxy groups -OCH3 is 1. The molecule has 0 saturated heterocycles. The van der Waals surface area contributed by atoms with Gasteiger partial charge in [-0.25, -0.2) is 18.0 Å². The summed E-state index contributed by atoms with van der Waals surface area (Å²) in [5, 5.41) is 10.6. The number of anilines is 1. The number of nitrogens with zero attached hydrogens (tertiary/aromatic N) is 7. The van der Waals surface area contributed by atoms with E-state index in [9.17, 15) is 8.78 Å². The Morgan fingerprint density at radius 2 is 2.20 bits per heavy atom. The average Bonchev–Trinajstić information content (AvgIpc) is 3.17. The van der Waals surface area contributed by atoms with Crippen LogP contribution in [0.2, 0.25) is 0 Å². The molecule has 1 aliphatic rings. The van der Waals surface area contributed by atoms with Crippen molar-refractivity contribution in [3.05, 3.63) is 6.20 Å². The predicted octanol–water partition coefficient (Wildman–Crippen LogP) is 1.47. The summed E-state index contributed by atoms with van der Waals surface area (Å²) in [4.78, 5) is 12.7. The Balaban J connectivity index is 1.94. The van der Waals surface area contributed by atoms with Gasteiger partial charge >= 0.3 is 5.82 Å². The summed E-state index contributed by atoms with van der Waals surface area (Å²) in [7, 11) is 1.59. The highest BCUT2D eigenvalue weighted by molar-refractivity contribution is 5.81. The van der Waals surface area contributed by atoms with Gasteiger partial charge in [0, 0.05) is 20.8 Å². The number of hydrogen-bond donors (Lipinski definition) is 1. The van der Waals surface area contributed by atoms with Crippen LogP contribution in [0.25, 0.3) is 11.5 Å². The van der Waals surface area contributed by atoms with Gasteiger partial charge in [-0.1, -0.05) is 15.2 Å². The number of nitrogens with one attached hydrogen (secondary N) is 1. The molecule has 132 valence electrons. The molecule has 2 aromatic heterocycles. The quantitative estimate of drug-likeness (QED) is 0.759. The highest BCUT2D eigenvalue weighted by atomic mass is 19.3. The first kappa shape index (κ1) is 17.0. The lowest BCUT2D eigenvalue weighted by Crippen LogP contribution is -2.23. The van der Waals surface area contributed by atoms with Crippen LogP contribution in [0.5, 0.6) is 0 Å². The number of rotatable bonds is 7. The van der Waals surface area contributed by atoms with Gasteiger partial charge in [0.05, 0.1) is 25.9 Å². The van der Waals surface area contributed by atoms with Gasteiger partial charge in [0.25, 0.3) is 17.4 Å². The van der Waals surface area contributed by atoms with Crippen LogP contribution < -0.4 is 5.32 Å². The monoisotopic (exact) mass is 351 g/mol. The first-order valence-corrected chi connectivity index (χ1v) is 7.44. The van der Waals surface area contributed by atoms with Crippen LogP contribution in [0.1, 0.15) is 6.92 Å². The predicted molar refractivity (Wildman–Crippen MR) is 87.2 cm³/mol. The first-order valence-electron chi connectivity index (χ1n) is 7.44. The van der Waals surface area contributed by atoms with Crippen LogP contribution >= 0.6 is 0 Å². The second-order valence-electron chi connectivity index (χ2n) is 5.57. The lowest BCUT2D eigenvalue weighted by Gasteiger charge is -2.11. The number of aliphatic imine (C=N–C) groups is 1. The van der Waals surface area contributed by atoms with Gasteiger partial charge in [-0.05, 0) is 0 Å². The van der Waals surface area contributed by atoms with E-state index in [0.717, 1.165) is 6.92 Å². The van der Waals surface area contributed by atoms with Crippen molar-refractivity contribution in [1.82, 2.24) is 25.0 Å². The lowest BCUT2D eigenvalue weighted by molar-refractivity contribution is -0.282. The Morgan fingerprint density at radius 3 is 2.92 bits per heavy atom. The van der Waals surface area contributed by atoms with Crippen molar-refractivity contribution in [2.24, 2.45) is 4.99 Å². The summed E-state index contributed by atoms with van der Waals surface area (Å²) in [6, 6.07) is 0. The summed E-state index contributed by atoms with van der Waals surface area (Å²) < 4.78 is 34.4. The summed E-state index contributed by atoms with van der Waals surface area (Å²) in [6.07, 6.45) is 3.09. The minimum atomic E-state index is -2.90. The molecule has 0 fully saturated rings. The molecule has 0 saturated carbocycles. The van der Waals surface area contributed by atoms with Gasteiger partial charge in [-0.2, -0.15) is 4.98 Å². The largest absolute Gasteiger partial charge is 0.383 e. The summed E-state index contributed by atoms with van der Waals surface area (Å²) in [5.41, 5.74) is 0.764. The van der Waals surface area contributed by atoms with E-state index in [0.29, 0.717) is 30.4 Å². The molecule has 11 heteroatoms. The minimum absolute atomic E-state index is 0.190. The van der Waals surface area contributed by atoms with Crippen molar-refractivity contribution in [3.63, 3.8) is 0 Å². The fraction of sp³-hybridized carbons (Fsp3) is 0.429. The Morgan fingerprint density at radius 1 is 1.40 bits per heavy atom. The molecule has 0 aliphatic carbocycles. The van der Waals surface area contributed by atoms with Crippen molar-refractivity contribution in [2.45, 2.75) is 19.4 Å². The van der Waals surface area contributed by atoms with Crippen LogP contribution in [0, 0.1) is 0 Å². The molecule has 1 aliphatic heterocycles. The molecule has 0 atom stereocenters. The SMILES string of the molecule is C=[N+]1C=Nc2c(NCC(C)(F)F)nc(-c3cn(CCOC)nn3)nc21. The minimum Gasteiger partial charge on any atom is -0.383 e. The number of aromatic nitrogens is 5. The molecule has 25 heavy (non-hydrogen) atoms. The molecule has 0 bridgehead atoms. The number of fused-ring (bicyclic) bond motifs is 1. The third-order valence-electron chi connectivity index (χ3n) is 3.32. The third kappa shape index (κ3) is 3.82. The molecule has 1 N–H and O–H groups in total. The first-order chi connectivity index (χ1) is 11.9. The molecule has 3 heterocycles. The zero-order valence-corrected chi connectivity index (χ0v) is 13.8. The van der Waals surface area contributed by atoms with Crippen molar-refractivity contribution >= 4 is 30.4 Å². The molecule has 0 radical (unpaired) electrons. The molecule has 0 unspecified atom stereocenters. The van der Waals surface area contributed by atoms with Crippen LogP contribution in [0.4, 0.5) is 26.1 Å². The van der Waals surface area contributed by atoms with E-state index in [4.69, 9.17) is 4.74 Å². The Bertz CT molecular complexity index is 827. The standard InChI is InChI=1S/C14H17F2N8O/c1-14(15,16)7-17-12-10-13(23(2)8-18-10)20-11(19-12)9-6-24(22-21-9)4-5-25-3/h6,8H,2,4-5,7H2,1,3H3,(H,17,19,20)/q+1. The highest BCUT2D eigenvalue weighted by Gasteiger charge is 2.30. The highest BCUT2D eigenvalue weighted by Crippen LogP contribution is 2.37. The fourth-order valence-electron chi connectivity index (χ4n) is 2.12. The Labute approximate surface area is 142 Å². The van der Waals surface area contributed by atoms with E-state index in [-0.39, 0.29) is 11.6 Å². The fourth-order valence-corrected chi connectivity index (χ4v) is 2.12. The molecule has 0 spiro atoms. The van der Waals surface area contributed by atoms with Crippen molar-refractivity contribution in [2.75, 3.05) is 25.6 Å². The molecule has 2 aromatic rings. The Kier molecular flexibility index (Phi) is 4.49. The molecule has 9 nitrogen and oxygen atoms in total. The lowest BCUT2D eigenvalue weighted by atomic mass is 10.3. The van der Waals surface area contributed by atoms with Gasteiger partial charge in [0.1, 0.15) is 0 Å². The summed E-state index contributed by atoms with van der Waals surface area (Å²) >= 11 is 0. The van der Waals surface area contributed by atoms with Gasteiger partial charge in [-0.3, -0.25) is 0 Å². The number of alkyl halides is 2. The van der Waals surface area contributed by atoms with Gasteiger partial charge in [-0.15, -0.1) is 5.10 Å². The molecular weight excluding hydrogens is 334 g/mol. The molecule has 0 amide bonds.